The zero-order valence-electron chi connectivity index (χ0n) is 11.4. The lowest BCUT2D eigenvalue weighted by Crippen LogP contribution is -2.27. The average molecular weight is 429 g/mol. The molecule has 1 fully saturated rings. The van der Waals surface area contributed by atoms with E-state index in [9.17, 15) is 9.18 Å². The summed E-state index contributed by atoms with van der Waals surface area (Å²) in [5, 5.41) is 0.531. The Morgan fingerprint density at radius 1 is 1.26 bits per heavy atom. The molecule has 3 rings (SSSR count). The Kier molecular flexibility index (Phi) is 4.87. The van der Waals surface area contributed by atoms with Crippen LogP contribution in [0.3, 0.4) is 0 Å². The van der Waals surface area contributed by atoms with E-state index in [0.29, 0.717) is 30.0 Å². The van der Waals surface area contributed by atoms with E-state index in [1.807, 2.05) is 0 Å². The van der Waals surface area contributed by atoms with Crippen molar-refractivity contribution in [1.29, 1.82) is 0 Å². The van der Waals surface area contributed by atoms with Gasteiger partial charge in [0.15, 0.2) is 4.32 Å². The first kappa shape index (κ1) is 16.6. The van der Waals surface area contributed by atoms with Gasteiger partial charge in [0.2, 0.25) is 0 Å². The van der Waals surface area contributed by atoms with Gasteiger partial charge in [-0.2, -0.15) is 0 Å². The van der Waals surface area contributed by atoms with Crippen molar-refractivity contribution >= 4 is 73.5 Å². The second kappa shape index (κ2) is 6.73. The van der Waals surface area contributed by atoms with Gasteiger partial charge >= 0.3 is 0 Å². The molecule has 0 atom stereocenters. The van der Waals surface area contributed by atoms with Crippen molar-refractivity contribution in [3.05, 3.63) is 68.2 Å². The topological polar surface area (TPSA) is 20.3 Å². The first-order chi connectivity index (χ1) is 11.0. The lowest BCUT2D eigenvalue weighted by Gasteiger charge is -2.14. The summed E-state index contributed by atoms with van der Waals surface area (Å²) in [5.41, 5.74) is 1.34. The maximum Gasteiger partial charge on any atom is 0.270 e. The van der Waals surface area contributed by atoms with Crippen LogP contribution in [0.4, 0.5) is 10.1 Å². The van der Waals surface area contributed by atoms with Gasteiger partial charge in [0.1, 0.15) is 5.82 Å². The molecule has 1 heterocycles. The zero-order valence-corrected chi connectivity index (χ0v) is 15.4. The quantitative estimate of drug-likeness (QED) is 0.455. The second-order valence-corrected chi connectivity index (χ2v) is 7.64. The van der Waals surface area contributed by atoms with Gasteiger partial charge in [0, 0.05) is 5.02 Å². The van der Waals surface area contributed by atoms with Crippen LogP contribution in [-0.4, -0.2) is 10.2 Å². The Labute approximate surface area is 155 Å². The van der Waals surface area contributed by atoms with Gasteiger partial charge in [-0.05, 0) is 57.9 Å². The summed E-state index contributed by atoms with van der Waals surface area (Å²) in [5.74, 6) is -0.573. The number of anilines is 1. The lowest BCUT2D eigenvalue weighted by molar-refractivity contribution is -0.113. The fraction of sp³-hybridized carbons (Fsp3) is 0. The SMILES string of the molecule is O=C1/C(=C/c2ccc(F)c(Br)c2)SC(=S)N1c1cccc(Cl)c1. The summed E-state index contributed by atoms with van der Waals surface area (Å²) in [7, 11) is 0. The molecule has 0 spiro atoms. The maximum absolute atomic E-state index is 13.3. The summed E-state index contributed by atoms with van der Waals surface area (Å²) in [6.45, 7) is 0. The smallest absolute Gasteiger partial charge is 0.268 e. The molecule has 2 aromatic rings. The van der Waals surface area contributed by atoms with Crippen molar-refractivity contribution in [2.24, 2.45) is 0 Å². The molecule has 0 bridgehead atoms. The molecule has 0 aliphatic carbocycles. The molecule has 2 aromatic carbocycles. The van der Waals surface area contributed by atoms with Crippen LogP contribution in [0.1, 0.15) is 5.56 Å². The van der Waals surface area contributed by atoms with Crippen molar-refractivity contribution in [2.75, 3.05) is 4.90 Å². The number of halogens is 3. The van der Waals surface area contributed by atoms with Gasteiger partial charge in [-0.25, -0.2) is 4.39 Å². The van der Waals surface area contributed by atoms with Gasteiger partial charge in [-0.15, -0.1) is 0 Å². The third kappa shape index (κ3) is 3.50. The molecule has 0 aromatic heterocycles. The number of thioether (sulfide) groups is 1. The molecule has 116 valence electrons. The van der Waals surface area contributed by atoms with Crippen LogP contribution >= 0.6 is 51.5 Å². The third-order valence-corrected chi connectivity index (χ3v) is 5.25. The maximum atomic E-state index is 13.3. The minimum Gasteiger partial charge on any atom is -0.268 e. The summed E-state index contributed by atoms with van der Waals surface area (Å²) in [4.78, 5) is 14.5. The predicted octanol–water partition coefficient (Wildman–Crippen LogP) is 5.65. The van der Waals surface area contributed by atoms with Crippen molar-refractivity contribution in [1.82, 2.24) is 0 Å². The minimum absolute atomic E-state index is 0.220. The molecule has 1 amide bonds. The number of thiocarbonyl (C=S) groups is 1. The summed E-state index contributed by atoms with van der Waals surface area (Å²) in [6.07, 6.45) is 1.69. The van der Waals surface area contributed by atoms with Crippen LogP contribution in [0.2, 0.25) is 5.02 Å². The number of nitrogens with zero attached hydrogens (tertiary/aromatic N) is 1. The summed E-state index contributed by atoms with van der Waals surface area (Å²) >= 11 is 15.6. The Bertz CT molecular complexity index is 856. The lowest BCUT2D eigenvalue weighted by atomic mass is 10.2. The molecule has 23 heavy (non-hydrogen) atoms. The molecule has 1 aliphatic heterocycles. The molecule has 0 unspecified atom stereocenters. The van der Waals surface area contributed by atoms with Crippen LogP contribution in [0, 0.1) is 5.82 Å². The molecule has 1 saturated heterocycles. The van der Waals surface area contributed by atoms with E-state index >= 15 is 0 Å². The van der Waals surface area contributed by atoms with Crippen LogP contribution in [0.15, 0.2) is 51.8 Å². The number of hydrogen-bond donors (Lipinski definition) is 0. The van der Waals surface area contributed by atoms with Crippen molar-refractivity contribution in [2.45, 2.75) is 0 Å². The van der Waals surface area contributed by atoms with E-state index < -0.39 is 0 Å². The number of benzene rings is 2. The van der Waals surface area contributed by atoms with Crippen LogP contribution in [-0.2, 0) is 4.79 Å². The van der Waals surface area contributed by atoms with Gasteiger partial charge in [-0.3, -0.25) is 9.69 Å². The molecule has 1 aliphatic rings. The Morgan fingerprint density at radius 3 is 2.74 bits per heavy atom. The summed E-state index contributed by atoms with van der Waals surface area (Å²) < 4.78 is 14.1. The number of rotatable bonds is 2. The van der Waals surface area contributed by atoms with E-state index in [2.05, 4.69) is 15.9 Å². The van der Waals surface area contributed by atoms with Gasteiger partial charge in [0.25, 0.3) is 5.91 Å². The van der Waals surface area contributed by atoms with Gasteiger partial charge < -0.3 is 0 Å². The number of carbonyl (C=O) groups is 1. The second-order valence-electron chi connectivity index (χ2n) is 4.67. The normalized spacial score (nSPS) is 16.5. The van der Waals surface area contributed by atoms with E-state index in [-0.39, 0.29) is 11.7 Å². The van der Waals surface area contributed by atoms with E-state index in [4.69, 9.17) is 23.8 Å². The zero-order chi connectivity index (χ0) is 16.6. The van der Waals surface area contributed by atoms with E-state index in [1.54, 1.807) is 42.5 Å². The molecular formula is C16H8BrClFNOS2. The van der Waals surface area contributed by atoms with Crippen molar-refractivity contribution in [3.8, 4) is 0 Å². The highest BCUT2D eigenvalue weighted by Gasteiger charge is 2.33. The van der Waals surface area contributed by atoms with Crippen molar-refractivity contribution < 1.29 is 9.18 Å². The Balaban J connectivity index is 1.94. The molecule has 7 heteroatoms. The first-order valence-electron chi connectivity index (χ1n) is 6.44. The highest BCUT2D eigenvalue weighted by Crippen LogP contribution is 2.36. The van der Waals surface area contributed by atoms with Crippen LogP contribution in [0.25, 0.3) is 6.08 Å². The van der Waals surface area contributed by atoms with Crippen molar-refractivity contribution in [3.63, 3.8) is 0 Å². The van der Waals surface area contributed by atoms with Crippen LogP contribution < -0.4 is 4.90 Å². The third-order valence-electron chi connectivity index (χ3n) is 3.10. The fourth-order valence-electron chi connectivity index (χ4n) is 2.06. The summed E-state index contributed by atoms with van der Waals surface area (Å²) in [6, 6.07) is 11.5. The Hall–Kier alpha value is -1.21. The first-order valence-corrected chi connectivity index (χ1v) is 8.84. The van der Waals surface area contributed by atoms with Gasteiger partial charge in [0.05, 0.1) is 15.1 Å². The standard InChI is InChI=1S/C16H8BrClFNOS2/c17-12-6-9(4-5-13(12)19)7-14-15(21)20(16(22)23-14)11-3-1-2-10(18)8-11/h1-8H/b14-7-. The molecule has 0 radical (unpaired) electrons. The van der Waals surface area contributed by atoms with E-state index in [1.165, 1.54) is 22.7 Å². The highest BCUT2D eigenvalue weighted by molar-refractivity contribution is 9.10. The highest BCUT2D eigenvalue weighted by atomic mass is 79.9. The molecule has 0 saturated carbocycles. The fourth-order valence-corrected chi connectivity index (χ4v) is 3.94. The average Bonchev–Trinajstić information content (AvgIpc) is 2.77. The largest absolute Gasteiger partial charge is 0.270 e. The molecule has 2 nitrogen and oxygen atoms in total. The number of carbonyl (C=O) groups excluding carboxylic acids is 1. The molecule has 0 N–H and O–H groups in total. The monoisotopic (exact) mass is 427 g/mol. The minimum atomic E-state index is -0.353. The number of hydrogen-bond acceptors (Lipinski definition) is 3. The molecular weight excluding hydrogens is 421 g/mol. The van der Waals surface area contributed by atoms with Crippen LogP contribution in [0.5, 0.6) is 0 Å². The Morgan fingerprint density at radius 2 is 2.04 bits per heavy atom. The van der Waals surface area contributed by atoms with E-state index in [0.717, 1.165) is 0 Å². The predicted molar refractivity (Wildman–Crippen MR) is 101 cm³/mol. The van der Waals surface area contributed by atoms with Gasteiger partial charge in [-0.1, -0.05) is 47.7 Å². The number of amides is 1.